The van der Waals surface area contributed by atoms with Gasteiger partial charge in [0.15, 0.2) is 0 Å². The molecule has 146 valence electrons. The second-order valence-electron chi connectivity index (χ2n) is 7.42. The molecule has 1 aliphatic rings. The summed E-state index contributed by atoms with van der Waals surface area (Å²) < 4.78 is 17.2. The average Bonchev–Trinajstić information content (AvgIpc) is 3.33. The molecule has 6 nitrogen and oxygen atoms in total. The van der Waals surface area contributed by atoms with E-state index in [9.17, 15) is 14.3 Å². The van der Waals surface area contributed by atoms with E-state index in [0.717, 1.165) is 47.2 Å². The summed E-state index contributed by atoms with van der Waals surface area (Å²) >= 11 is 0. The molecule has 1 aromatic carbocycles. The van der Waals surface area contributed by atoms with Crippen LogP contribution >= 0.6 is 0 Å². The van der Waals surface area contributed by atoms with Crippen molar-refractivity contribution in [3.05, 3.63) is 77.5 Å². The van der Waals surface area contributed by atoms with Gasteiger partial charge in [0.2, 0.25) is 0 Å². The molecule has 3 aromatic heterocycles. The average molecular weight is 390 g/mol. The Morgan fingerprint density at radius 2 is 2.03 bits per heavy atom. The Hall–Kier alpha value is -3.48. The van der Waals surface area contributed by atoms with Gasteiger partial charge in [-0.2, -0.15) is 0 Å². The van der Waals surface area contributed by atoms with Gasteiger partial charge in [-0.05, 0) is 60.4 Å². The zero-order chi connectivity index (χ0) is 20.0. The molecule has 0 aliphatic heterocycles. The Morgan fingerprint density at radius 3 is 2.83 bits per heavy atom. The lowest BCUT2D eigenvalue weighted by atomic mass is 9.90. The smallest absolute Gasteiger partial charge is 0.307 e. The van der Waals surface area contributed by atoms with Crippen molar-refractivity contribution in [2.24, 2.45) is 0 Å². The van der Waals surface area contributed by atoms with Crippen LogP contribution in [0.4, 0.5) is 4.39 Å². The van der Waals surface area contributed by atoms with Gasteiger partial charge in [0, 0.05) is 29.4 Å². The number of carboxylic acids is 1. The Kier molecular flexibility index (Phi) is 4.16. The molecule has 1 N–H and O–H groups in total. The zero-order valence-electron chi connectivity index (χ0n) is 15.6. The van der Waals surface area contributed by atoms with Crippen LogP contribution in [-0.2, 0) is 24.1 Å². The van der Waals surface area contributed by atoms with E-state index in [1.54, 1.807) is 12.1 Å². The van der Waals surface area contributed by atoms with E-state index in [2.05, 4.69) is 14.7 Å². The van der Waals surface area contributed by atoms with Gasteiger partial charge < -0.3 is 9.51 Å². The fraction of sp³-hybridized carbons (Fsp3) is 0.227. The molecule has 0 fully saturated rings. The number of carboxylic acid groups (broad SMARTS) is 1. The second kappa shape index (κ2) is 6.84. The quantitative estimate of drug-likeness (QED) is 0.577. The molecule has 0 saturated heterocycles. The lowest BCUT2D eigenvalue weighted by Gasteiger charge is -2.23. The van der Waals surface area contributed by atoms with Gasteiger partial charge >= 0.3 is 5.97 Å². The first kappa shape index (κ1) is 17.6. The minimum absolute atomic E-state index is 0.0333. The van der Waals surface area contributed by atoms with Gasteiger partial charge in [-0.1, -0.05) is 11.3 Å². The number of aliphatic carboxylic acids is 1. The van der Waals surface area contributed by atoms with Crippen molar-refractivity contribution in [2.45, 2.75) is 31.7 Å². The first-order valence-electron chi connectivity index (χ1n) is 9.59. The van der Waals surface area contributed by atoms with E-state index in [1.807, 2.05) is 35.3 Å². The largest absolute Gasteiger partial charge is 0.481 e. The molecule has 0 amide bonds. The molecule has 1 unspecified atom stereocenters. The van der Waals surface area contributed by atoms with Crippen molar-refractivity contribution in [1.82, 2.24) is 19.4 Å². The Labute approximate surface area is 166 Å². The number of pyridine rings is 1. The minimum Gasteiger partial charge on any atom is -0.481 e. The lowest BCUT2D eigenvalue weighted by Crippen LogP contribution is -2.20. The maximum absolute atomic E-state index is 13.2. The van der Waals surface area contributed by atoms with Gasteiger partial charge in [-0.15, -0.1) is 5.10 Å². The summed E-state index contributed by atoms with van der Waals surface area (Å²) in [6.45, 7) is 0. The van der Waals surface area contributed by atoms with Crippen LogP contribution in [0.1, 0.15) is 29.3 Å². The summed E-state index contributed by atoms with van der Waals surface area (Å²) in [6.07, 6.45) is 6.35. The van der Waals surface area contributed by atoms with E-state index >= 15 is 0 Å². The molecule has 0 radical (unpaired) electrons. The third-order valence-corrected chi connectivity index (χ3v) is 5.68. The molecule has 3 heterocycles. The molecular weight excluding hydrogens is 371 g/mol. The van der Waals surface area contributed by atoms with Gasteiger partial charge in [-0.25, -0.2) is 9.07 Å². The third-order valence-electron chi connectivity index (χ3n) is 5.68. The fourth-order valence-corrected chi connectivity index (χ4v) is 4.33. The summed E-state index contributed by atoms with van der Waals surface area (Å²) in [5.41, 5.74) is 5.71. The number of aromatic nitrogens is 4. The standard InChI is InChI=1S/C22H19FN4O2/c23-15-6-4-14(5-7-15)19-13-27(25-24-19)16-8-9-17-18(12-22(28)29)20-3-1-2-10-26(20)21(17)11-16/h1-7,10,13,16H,8-9,11-12H2,(H,28,29). The first-order chi connectivity index (χ1) is 14.1. The van der Waals surface area contributed by atoms with Crippen molar-refractivity contribution in [1.29, 1.82) is 0 Å². The molecule has 29 heavy (non-hydrogen) atoms. The maximum Gasteiger partial charge on any atom is 0.307 e. The van der Waals surface area contributed by atoms with Gasteiger partial charge in [-0.3, -0.25) is 4.79 Å². The Balaban J connectivity index is 1.49. The van der Waals surface area contributed by atoms with Crippen LogP contribution in [0.2, 0.25) is 0 Å². The Bertz CT molecular complexity index is 1210. The van der Waals surface area contributed by atoms with Crippen LogP contribution in [0.5, 0.6) is 0 Å². The van der Waals surface area contributed by atoms with Crippen LogP contribution in [0.25, 0.3) is 16.8 Å². The Morgan fingerprint density at radius 1 is 1.21 bits per heavy atom. The highest BCUT2D eigenvalue weighted by molar-refractivity contribution is 5.77. The molecule has 0 saturated carbocycles. The van der Waals surface area contributed by atoms with Crippen LogP contribution in [0.3, 0.4) is 0 Å². The number of benzene rings is 1. The first-order valence-corrected chi connectivity index (χ1v) is 9.59. The number of hydrogen-bond acceptors (Lipinski definition) is 3. The van der Waals surface area contributed by atoms with E-state index in [1.165, 1.54) is 12.1 Å². The van der Waals surface area contributed by atoms with Crippen molar-refractivity contribution in [2.75, 3.05) is 0 Å². The summed E-state index contributed by atoms with van der Waals surface area (Å²) in [5, 5.41) is 17.9. The molecule has 1 atom stereocenters. The molecule has 5 rings (SSSR count). The highest BCUT2D eigenvalue weighted by Gasteiger charge is 2.28. The number of carbonyl (C=O) groups is 1. The third kappa shape index (κ3) is 3.08. The summed E-state index contributed by atoms with van der Waals surface area (Å²) in [4.78, 5) is 11.4. The molecule has 7 heteroatoms. The normalized spacial score (nSPS) is 16.1. The molecule has 0 spiro atoms. The predicted molar refractivity (Wildman–Crippen MR) is 105 cm³/mol. The van der Waals surface area contributed by atoms with Crippen LogP contribution < -0.4 is 0 Å². The molecule has 4 aromatic rings. The fourth-order valence-electron chi connectivity index (χ4n) is 4.33. The van der Waals surface area contributed by atoms with E-state index in [4.69, 9.17) is 0 Å². The minimum atomic E-state index is -0.813. The summed E-state index contributed by atoms with van der Waals surface area (Å²) in [7, 11) is 0. The number of fused-ring (bicyclic) bond motifs is 3. The maximum atomic E-state index is 13.2. The number of nitrogens with zero attached hydrogens (tertiary/aromatic N) is 4. The zero-order valence-corrected chi connectivity index (χ0v) is 15.6. The number of rotatable bonds is 4. The summed E-state index contributed by atoms with van der Waals surface area (Å²) in [5.74, 6) is -1.09. The van der Waals surface area contributed by atoms with E-state index in [-0.39, 0.29) is 18.3 Å². The highest BCUT2D eigenvalue weighted by Crippen LogP contribution is 2.35. The van der Waals surface area contributed by atoms with Crippen molar-refractivity contribution < 1.29 is 14.3 Å². The number of hydrogen-bond donors (Lipinski definition) is 1. The molecular formula is C22H19FN4O2. The topological polar surface area (TPSA) is 72.4 Å². The highest BCUT2D eigenvalue weighted by atomic mass is 19.1. The van der Waals surface area contributed by atoms with Gasteiger partial charge in [0.25, 0.3) is 0 Å². The van der Waals surface area contributed by atoms with Crippen LogP contribution in [0.15, 0.2) is 54.9 Å². The van der Waals surface area contributed by atoms with Crippen molar-refractivity contribution >= 4 is 11.5 Å². The SMILES string of the molecule is O=C(O)Cc1c2c(n3ccccc13)CC(n1cc(-c3ccc(F)cc3)nn1)CC2. The lowest BCUT2D eigenvalue weighted by molar-refractivity contribution is -0.136. The van der Waals surface area contributed by atoms with Crippen molar-refractivity contribution in [3.63, 3.8) is 0 Å². The summed E-state index contributed by atoms with van der Waals surface area (Å²) in [6, 6.07) is 12.2. The van der Waals surface area contributed by atoms with E-state index in [0.29, 0.717) is 5.69 Å². The van der Waals surface area contributed by atoms with Crippen LogP contribution in [-0.4, -0.2) is 30.5 Å². The van der Waals surface area contributed by atoms with Gasteiger partial charge in [0.1, 0.15) is 11.5 Å². The second-order valence-corrected chi connectivity index (χ2v) is 7.42. The number of halogens is 1. The predicted octanol–water partition coefficient (Wildman–Crippen LogP) is 3.69. The van der Waals surface area contributed by atoms with Gasteiger partial charge in [0.05, 0.1) is 18.7 Å². The van der Waals surface area contributed by atoms with Crippen LogP contribution in [0, 0.1) is 5.82 Å². The molecule has 1 aliphatic carbocycles. The van der Waals surface area contributed by atoms with E-state index < -0.39 is 5.97 Å². The monoisotopic (exact) mass is 390 g/mol. The molecule has 0 bridgehead atoms. The van der Waals surface area contributed by atoms with Crippen molar-refractivity contribution in [3.8, 4) is 11.3 Å².